The lowest BCUT2D eigenvalue weighted by molar-refractivity contribution is -0.120. The third-order valence-corrected chi connectivity index (χ3v) is 4.86. The Bertz CT molecular complexity index is 675. The highest BCUT2D eigenvalue weighted by Crippen LogP contribution is 2.40. The fourth-order valence-electron chi connectivity index (χ4n) is 3.67. The second-order valence-electron chi connectivity index (χ2n) is 6.56. The minimum absolute atomic E-state index is 0.0603. The van der Waals surface area contributed by atoms with Crippen molar-refractivity contribution in [2.24, 2.45) is 11.7 Å². The maximum absolute atomic E-state index is 12.8. The molecule has 5 heteroatoms. The van der Waals surface area contributed by atoms with E-state index in [1.54, 1.807) is 6.07 Å². The average molecular weight is 328 g/mol. The Morgan fingerprint density at radius 2 is 2.08 bits per heavy atom. The summed E-state index contributed by atoms with van der Waals surface area (Å²) < 4.78 is 5.37. The van der Waals surface area contributed by atoms with Crippen LogP contribution in [-0.2, 0) is 9.59 Å². The zero-order chi connectivity index (χ0) is 17.1. The first-order valence-electron chi connectivity index (χ1n) is 8.64. The van der Waals surface area contributed by atoms with E-state index in [1.165, 1.54) is 32.1 Å². The summed E-state index contributed by atoms with van der Waals surface area (Å²) >= 11 is 0. The van der Waals surface area contributed by atoms with E-state index < -0.39 is 5.91 Å². The molecule has 0 saturated heterocycles. The topological polar surface area (TPSA) is 72.6 Å². The third-order valence-electron chi connectivity index (χ3n) is 4.86. The molecule has 0 aromatic heterocycles. The number of anilines is 1. The number of benzene rings is 1. The fourth-order valence-corrected chi connectivity index (χ4v) is 3.67. The second-order valence-corrected chi connectivity index (χ2v) is 6.56. The van der Waals surface area contributed by atoms with Crippen molar-refractivity contribution in [3.05, 3.63) is 29.8 Å². The number of primary amides is 1. The SMILES string of the molecule is C/C=C1/C(=O)N(CC2CCCCC2)c2ccc(OCC(N)=O)cc21. The van der Waals surface area contributed by atoms with Crippen molar-refractivity contribution >= 4 is 23.1 Å². The Morgan fingerprint density at radius 1 is 1.33 bits per heavy atom. The number of hydrogen-bond donors (Lipinski definition) is 1. The molecular weight excluding hydrogens is 304 g/mol. The maximum Gasteiger partial charge on any atom is 0.258 e. The maximum atomic E-state index is 12.8. The van der Waals surface area contributed by atoms with Gasteiger partial charge in [0.15, 0.2) is 6.61 Å². The van der Waals surface area contributed by atoms with Gasteiger partial charge < -0.3 is 15.4 Å². The van der Waals surface area contributed by atoms with Gasteiger partial charge in [0.1, 0.15) is 5.75 Å². The van der Waals surface area contributed by atoms with Crippen molar-refractivity contribution < 1.29 is 14.3 Å². The molecule has 0 spiro atoms. The van der Waals surface area contributed by atoms with E-state index in [0.717, 1.165) is 17.8 Å². The van der Waals surface area contributed by atoms with Crippen LogP contribution in [0.4, 0.5) is 5.69 Å². The highest BCUT2D eigenvalue weighted by Gasteiger charge is 2.33. The molecule has 2 N–H and O–H groups in total. The van der Waals surface area contributed by atoms with Crippen LogP contribution in [0.3, 0.4) is 0 Å². The minimum Gasteiger partial charge on any atom is -0.484 e. The number of allylic oxidation sites excluding steroid dienone is 1. The summed E-state index contributed by atoms with van der Waals surface area (Å²) in [7, 11) is 0. The highest BCUT2D eigenvalue weighted by molar-refractivity contribution is 6.32. The van der Waals surface area contributed by atoms with E-state index >= 15 is 0 Å². The van der Waals surface area contributed by atoms with Gasteiger partial charge in [0.05, 0.1) is 5.69 Å². The Kier molecular flexibility index (Phi) is 4.88. The van der Waals surface area contributed by atoms with Gasteiger partial charge in [-0.15, -0.1) is 0 Å². The normalized spacial score (nSPS) is 19.6. The molecule has 1 saturated carbocycles. The Balaban J connectivity index is 1.84. The van der Waals surface area contributed by atoms with Crippen LogP contribution in [0.1, 0.15) is 44.6 Å². The molecule has 1 aromatic carbocycles. The predicted octanol–water partition coefficient (Wildman–Crippen LogP) is 2.88. The van der Waals surface area contributed by atoms with E-state index in [1.807, 2.05) is 30.0 Å². The van der Waals surface area contributed by atoms with Gasteiger partial charge in [0.25, 0.3) is 11.8 Å². The molecule has 0 bridgehead atoms. The summed E-state index contributed by atoms with van der Waals surface area (Å²) in [4.78, 5) is 25.6. The number of carbonyl (C=O) groups is 2. The van der Waals surface area contributed by atoms with Crippen molar-refractivity contribution in [1.82, 2.24) is 0 Å². The highest BCUT2D eigenvalue weighted by atomic mass is 16.5. The standard InChI is InChI=1S/C19H24N2O3/c1-2-15-16-10-14(24-12-18(20)22)8-9-17(16)21(19(15)23)11-13-6-4-3-5-7-13/h2,8-10,13H,3-7,11-12H2,1H3,(H2,20,22)/b15-2+. The van der Waals surface area contributed by atoms with Gasteiger partial charge >= 0.3 is 0 Å². The first-order chi connectivity index (χ1) is 11.6. The van der Waals surface area contributed by atoms with E-state index in [4.69, 9.17) is 10.5 Å². The largest absolute Gasteiger partial charge is 0.484 e. The minimum atomic E-state index is -0.517. The number of ether oxygens (including phenoxy) is 1. The van der Waals surface area contributed by atoms with Crippen molar-refractivity contribution in [1.29, 1.82) is 0 Å². The van der Waals surface area contributed by atoms with Crippen LogP contribution in [-0.4, -0.2) is 25.0 Å². The molecule has 5 nitrogen and oxygen atoms in total. The smallest absolute Gasteiger partial charge is 0.258 e. The van der Waals surface area contributed by atoms with Gasteiger partial charge in [0.2, 0.25) is 0 Å². The van der Waals surface area contributed by atoms with E-state index in [9.17, 15) is 9.59 Å². The Hall–Kier alpha value is -2.30. The molecule has 24 heavy (non-hydrogen) atoms. The van der Waals surface area contributed by atoms with Crippen molar-refractivity contribution in [2.45, 2.75) is 39.0 Å². The van der Waals surface area contributed by atoms with Crippen LogP contribution in [0.2, 0.25) is 0 Å². The summed E-state index contributed by atoms with van der Waals surface area (Å²) in [6, 6.07) is 5.52. The summed E-state index contributed by atoms with van der Waals surface area (Å²) in [5.41, 5.74) is 7.63. The number of amides is 2. The van der Waals surface area contributed by atoms with Crippen molar-refractivity contribution in [2.75, 3.05) is 18.1 Å². The second kappa shape index (κ2) is 7.07. The van der Waals surface area contributed by atoms with Gasteiger partial charge in [-0.05, 0) is 43.9 Å². The number of fused-ring (bicyclic) bond motifs is 1. The molecule has 128 valence electrons. The number of carbonyl (C=O) groups excluding carboxylic acids is 2. The molecule has 0 unspecified atom stereocenters. The molecular formula is C19H24N2O3. The number of rotatable bonds is 5. The van der Waals surface area contributed by atoms with Crippen LogP contribution < -0.4 is 15.4 Å². The van der Waals surface area contributed by atoms with Crippen LogP contribution in [0.15, 0.2) is 24.3 Å². The van der Waals surface area contributed by atoms with Gasteiger partial charge in [-0.1, -0.05) is 25.3 Å². The van der Waals surface area contributed by atoms with Gasteiger partial charge in [-0.25, -0.2) is 0 Å². The Morgan fingerprint density at radius 3 is 2.75 bits per heavy atom. The molecule has 0 radical (unpaired) electrons. The van der Waals surface area contributed by atoms with E-state index in [-0.39, 0.29) is 12.5 Å². The average Bonchev–Trinajstić information content (AvgIpc) is 2.85. The van der Waals surface area contributed by atoms with Crippen LogP contribution in [0, 0.1) is 5.92 Å². The van der Waals surface area contributed by atoms with Crippen LogP contribution in [0.5, 0.6) is 5.75 Å². The molecule has 2 aliphatic rings. The summed E-state index contributed by atoms with van der Waals surface area (Å²) in [6.45, 7) is 2.49. The molecule has 1 fully saturated rings. The van der Waals surface area contributed by atoms with Gasteiger partial charge in [-0.2, -0.15) is 0 Å². The predicted molar refractivity (Wildman–Crippen MR) is 93.7 cm³/mol. The van der Waals surface area contributed by atoms with Crippen molar-refractivity contribution in [3.8, 4) is 5.75 Å². The first-order valence-corrected chi connectivity index (χ1v) is 8.64. The number of hydrogen-bond acceptors (Lipinski definition) is 3. The molecule has 1 aliphatic carbocycles. The van der Waals surface area contributed by atoms with Crippen LogP contribution >= 0.6 is 0 Å². The zero-order valence-electron chi connectivity index (χ0n) is 14.1. The zero-order valence-corrected chi connectivity index (χ0v) is 14.1. The first kappa shape index (κ1) is 16.6. The summed E-state index contributed by atoms with van der Waals surface area (Å²) in [5, 5.41) is 0. The molecule has 1 heterocycles. The lowest BCUT2D eigenvalue weighted by Gasteiger charge is -2.27. The fraction of sp³-hybridized carbons (Fsp3) is 0.474. The van der Waals surface area contributed by atoms with Gasteiger partial charge in [-0.3, -0.25) is 9.59 Å². The lowest BCUT2D eigenvalue weighted by Crippen LogP contribution is -2.32. The third kappa shape index (κ3) is 3.30. The van der Waals surface area contributed by atoms with Crippen LogP contribution in [0.25, 0.3) is 5.57 Å². The quantitative estimate of drug-likeness (QED) is 0.845. The molecule has 1 aromatic rings. The summed E-state index contributed by atoms with van der Waals surface area (Å²) in [5.74, 6) is 0.679. The van der Waals surface area contributed by atoms with E-state index in [2.05, 4.69) is 0 Å². The molecule has 1 aliphatic heterocycles. The molecule has 3 rings (SSSR count). The molecule has 2 amide bonds. The number of nitrogens with two attached hydrogens (primary N) is 1. The lowest BCUT2D eigenvalue weighted by atomic mass is 9.89. The molecule has 0 atom stereocenters. The Labute approximate surface area is 142 Å². The number of nitrogens with zero attached hydrogens (tertiary/aromatic N) is 1. The van der Waals surface area contributed by atoms with Gasteiger partial charge in [0, 0.05) is 17.7 Å². The van der Waals surface area contributed by atoms with E-state index in [0.29, 0.717) is 17.2 Å². The van der Waals surface area contributed by atoms with Crippen molar-refractivity contribution in [3.63, 3.8) is 0 Å². The summed E-state index contributed by atoms with van der Waals surface area (Å²) in [6.07, 6.45) is 8.07. The monoisotopic (exact) mass is 328 g/mol.